The zero-order chi connectivity index (χ0) is 19.7. The smallest absolute Gasteiger partial charge is 0.240 e. The molecule has 150 valence electrons. The van der Waals surface area contributed by atoms with Crippen molar-refractivity contribution in [3.05, 3.63) is 23.8 Å². The normalized spacial score (nSPS) is 17.2. The highest BCUT2D eigenvalue weighted by Gasteiger charge is 2.27. The number of nitrogens with one attached hydrogen (secondary N) is 1. The van der Waals surface area contributed by atoms with Crippen LogP contribution in [-0.4, -0.2) is 53.9 Å². The van der Waals surface area contributed by atoms with Crippen LogP contribution >= 0.6 is 11.8 Å². The van der Waals surface area contributed by atoms with Crippen LogP contribution in [0, 0.1) is 0 Å². The van der Waals surface area contributed by atoms with Gasteiger partial charge >= 0.3 is 0 Å². The number of tetrazole rings is 1. The van der Waals surface area contributed by atoms with Gasteiger partial charge < -0.3 is 4.90 Å². The van der Waals surface area contributed by atoms with Gasteiger partial charge in [-0.05, 0) is 60.5 Å². The van der Waals surface area contributed by atoms with E-state index in [-0.39, 0.29) is 16.6 Å². The van der Waals surface area contributed by atoms with Gasteiger partial charge in [-0.25, -0.2) is 17.8 Å². The number of carbonyl (C=O) groups excluding carboxylic acids is 1. The maximum atomic E-state index is 12.8. The largest absolute Gasteiger partial charge is 0.311 e. The predicted octanol–water partition coefficient (Wildman–Crippen LogP) is 1.38. The molecule has 0 saturated heterocycles. The van der Waals surface area contributed by atoms with Gasteiger partial charge in [-0.2, -0.15) is 0 Å². The van der Waals surface area contributed by atoms with Crippen molar-refractivity contribution in [1.29, 1.82) is 0 Å². The van der Waals surface area contributed by atoms with Crippen molar-refractivity contribution in [2.24, 2.45) is 0 Å². The van der Waals surface area contributed by atoms with Gasteiger partial charge in [0, 0.05) is 12.2 Å². The molecule has 0 atom stereocenters. The highest BCUT2D eigenvalue weighted by molar-refractivity contribution is 7.99. The third kappa shape index (κ3) is 3.65. The Balaban J connectivity index is 1.44. The minimum atomic E-state index is -3.49. The van der Waals surface area contributed by atoms with E-state index in [1.54, 1.807) is 17.0 Å². The fourth-order valence-electron chi connectivity index (χ4n) is 3.78. The fraction of sp³-hybridized carbons (Fsp3) is 0.529. The summed E-state index contributed by atoms with van der Waals surface area (Å²) in [5.41, 5.74) is 1.64. The number of sulfonamides is 1. The fourth-order valence-corrected chi connectivity index (χ4v) is 5.39. The zero-order valence-electron chi connectivity index (χ0n) is 15.5. The molecule has 0 unspecified atom stereocenters. The van der Waals surface area contributed by atoms with Crippen LogP contribution in [-0.2, 0) is 21.2 Å². The minimum Gasteiger partial charge on any atom is -0.311 e. The molecule has 0 radical (unpaired) electrons. The number of fused-ring (bicyclic) bond motifs is 1. The highest BCUT2D eigenvalue weighted by Crippen LogP contribution is 2.33. The van der Waals surface area contributed by atoms with E-state index in [2.05, 4.69) is 20.2 Å². The molecule has 0 bridgehead atoms. The summed E-state index contributed by atoms with van der Waals surface area (Å²) >= 11 is 1.35. The van der Waals surface area contributed by atoms with Crippen LogP contribution in [0.25, 0.3) is 0 Å². The van der Waals surface area contributed by atoms with Crippen molar-refractivity contribution in [3.8, 4) is 0 Å². The first-order chi connectivity index (χ1) is 13.5. The van der Waals surface area contributed by atoms with Crippen LogP contribution in [0.15, 0.2) is 28.3 Å². The van der Waals surface area contributed by atoms with Gasteiger partial charge in [0.2, 0.25) is 21.1 Å². The molecule has 1 N–H and O–H groups in total. The average molecular weight is 423 g/mol. The lowest BCUT2D eigenvalue weighted by atomic mass is 10.2. The number of hydrogen-bond donors (Lipinski definition) is 1. The Labute approximate surface area is 167 Å². The summed E-state index contributed by atoms with van der Waals surface area (Å²) in [6, 6.07) is 5.21. The highest BCUT2D eigenvalue weighted by atomic mass is 32.2. The summed E-state index contributed by atoms with van der Waals surface area (Å²) in [6.45, 7) is 0.547. The minimum absolute atomic E-state index is 0.0334. The molecule has 1 saturated carbocycles. The molecule has 2 heterocycles. The molecule has 1 fully saturated rings. The summed E-state index contributed by atoms with van der Waals surface area (Å²) in [5.74, 6) is 0.206. The van der Waals surface area contributed by atoms with Crippen LogP contribution in [0.2, 0.25) is 0 Å². The SMILES string of the molecule is CNS(=O)(=O)c1ccc2c(c1)CCN2C(=O)CSc1nnnn1C1CCCC1. The van der Waals surface area contributed by atoms with Crippen molar-refractivity contribution < 1.29 is 13.2 Å². The van der Waals surface area contributed by atoms with Crippen molar-refractivity contribution in [2.75, 3.05) is 24.2 Å². The molecule has 9 nitrogen and oxygen atoms in total. The Bertz CT molecular complexity index is 985. The predicted molar refractivity (Wildman–Crippen MR) is 105 cm³/mol. The van der Waals surface area contributed by atoms with Gasteiger partial charge in [0.25, 0.3) is 0 Å². The van der Waals surface area contributed by atoms with E-state index in [0.717, 1.165) is 24.1 Å². The summed E-state index contributed by atoms with van der Waals surface area (Å²) in [7, 11) is -2.11. The number of nitrogens with zero attached hydrogens (tertiary/aromatic N) is 5. The molecular formula is C17H22N6O3S2. The van der Waals surface area contributed by atoms with Gasteiger partial charge in [-0.3, -0.25) is 4.79 Å². The third-order valence-electron chi connectivity index (χ3n) is 5.28. The van der Waals surface area contributed by atoms with Crippen molar-refractivity contribution >= 4 is 33.4 Å². The van der Waals surface area contributed by atoms with E-state index >= 15 is 0 Å². The van der Waals surface area contributed by atoms with Gasteiger partial charge in [-0.1, -0.05) is 24.6 Å². The lowest BCUT2D eigenvalue weighted by Crippen LogP contribution is -2.30. The number of carbonyl (C=O) groups is 1. The number of hydrogen-bond acceptors (Lipinski definition) is 7. The Morgan fingerprint density at radius 3 is 2.86 bits per heavy atom. The Morgan fingerprint density at radius 2 is 2.11 bits per heavy atom. The number of thioether (sulfide) groups is 1. The first kappa shape index (κ1) is 19.3. The number of aromatic nitrogens is 4. The van der Waals surface area contributed by atoms with Crippen molar-refractivity contribution in [1.82, 2.24) is 24.9 Å². The van der Waals surface area contributed by atoms with Gasteiger partial charge in [-0.15, -0.1) is 5.10 Å². The van der Waals surface area contributed by atoms with Crippen LogP contribution in [0.1, 0.15) is 37.3 Å². The zero-order valence-corrected chi connectivity index (χ0v) is 17.2. The lowest BCUT2D eigenvalue weighted by Gasteiger charge is -2.17. The maximum absolute atomic E-state index is 12.8. The molecule has 1 amide bonds. The number of anilines is 1. The monoisotopic (exact) mass is 422 g/mol. The summed E-state index contributed by atoms with van der Waals surface area (Å²) in [4.78, 5) is 14.7. The van der Waals surface area contributed by atoms with Gasteiger partial charge in [0.1, 0.15) is 0 Å². The van der Waals surface area contributed by atoms with E-state index in [9.17, 15) is 13.2 Å². The second kappa shape index (κ2) is 7.80. The molecular weight excluding hydrogens is 400 g/mol. The summed E-state index contributed by atoms with van der Waals surface area (Å²) in [5, 5.41) is 12.6. The summed E-state index contributed by atoms with van der Waals surface area (Å²) < 4.78 is 28.1. The Kier molecular flexibility index (Phi) is 5.39. The van der Waals surface area contributed by atoms with Crippen LogP contribution < -0.4 is 9.62 Å². The number of rotatable bonds is 6. The quantitative estimate of drug-likeness (QED) is 0.700. The third-order valence-corrected chi connectivity index (χ3v) is 7.61. The van der Waals surface area contributed by atoms with E-state index in [1.807, 2.05) is 4.68 Å². The Morgan fingerprint density at radius 1 is 1.32 bits per heavy atom. The molecule has 0 spiro atoms. The summed E-state index contributed by atoms with van der Waals surface area (Å²) in [6.07, 6.45) is 5.15. The molecule has 1 aliphatic carbocycles. The van der Waals surface area contributed by atoms with Gasteiger partial charge in [0.05, 0.1) is 16.7 Å². The van der Waals surface area contributed by atoms with E-state index < -0.39 is 10.0 Å². The first-order valence-electron chi connectivity index (χ1n) is 9.27. The Hall–Kier alpha value is -1.98. The van der Waals surface area contributed by atoms with Crippen LogP contribution in [0.5, 0.6) is 0 Å². The molecule has 1 aliphatic heterocycles. The number of amides is 1. The number of benzene rings is 1. The van der Waals surface area contributed by atoms with Crippen molar-refractivity contribution in [2.45, 2.75) is 48.2 Å². The molecule has 2 aliphatic rings. The van der Waals surface area contributed by atoms with E-state index in [1.165, 1.54) is 37.7 Å². The van der Waals surface area contributed by atoms with Crippen molar-refractivity contribution in [3.63, 3.8) is 0 Å². The molecule has 1 aromatic carbocycles. The average Bonchev–Trinajstić information content (AvgIpc) is 3.45. The van der Waals surface area contributed by atoms with E-state index in [0.29, 0.717) is 24.2 Å². The lowest BCUT2D eigenvalue weighted by molar-refractivity contribution is -0.116. The second-order valence-corrected chi connectivity index (χ2v) is 9.76. The van der Waals surface area contributed by atoms with E-state index in [4.69, 9.17) is 0 Å². The van der Waals surface area contributed by atoms with Crippen LogP contribution in [0.4, 0.5) is 5.69 Å². The molecule has 1 aromatic heterocycles. The first-order valence-corrected chi connectivity index (χ1v) is 11.7. The molecule has 4 rings (SSSR count). The standard InChI is InChI=1S/C17H22N6O3S2/c1-18-28(25,26)14-6-7-15-12(10-14)8-9-22(15)16(24)11-27-17-19-20-21-23(17)13-4-2-3-5-13/h6-7,10,13,18H,2-5,8-9,11H2,1H3. The maximum Gasteiger partial charge on any atom is 0.240 e. The van der Waals surface area contributed by atoms with Gasteiger partial charge in [0.15, 0.2) is 0 Å². The van der Waals surface area contributed by atoms with Crippen LogP contribution in [0.3, 0.4) is 0 Å². The molecule has 2 aromatic rings. The molecule has 11 heteroatoms. The second-order valence-electron chi connectivity index (χ2n) is 6.93. The molecule has 28 heavy (non-hydrogen) atoms. The topological polar surface area (TPSA) is 110 Å².